The van der Waals surface area contributed by atoms with Crippen molar-refractivity contribution >= 4 is 51.4 Å². The van der Waals surface area contributed by atoms with Crippen LogP contribution in [0.5, 0.6) is 0 Å². The van der Waals surface area contributed by atoms with Gasteiger partial charge in [-0.25, -0.2) is 15.0 Å². The minimum absolute atomic E-state index is 0.524. The van der Waals surface area contributed by atoms with E-state index in [4.69, 9.17) is 33.9 Å². The van der Waals surface area contributed by atoms with Crippen molar-refractivity contribution in [2.24, 2.45) is 0 Å². The molecular weight excluding hydrogens is 431 g/mol. The molecule has 4 N–H and O–H groups in total. The first kappa shape index (κ1) is 21.2. The van der Waals surface area contributed by atoms with Crippen molar-refractivity contribution in [1.82, 2.24) is 15.0 Å². The van der Waals surface area contributed by atoms with Gasteiger partial charge in [-0.3, -0.25) is 0 Å². The Labute approximate surface area is 190 Å². The van der Waals surface area contributed by atoms with Gasteiger partial charge in [0.25, 0.3) is 0 Å². The average Bonchev–Trinajstić information content (AvgIpc) is 2.77. The van der Waals surface area contributed by atoms with Crippen LogP contribution in [0.2, 0.25) is 10.0 Å². The number of fused-ring (bicyclic) bond motifs is 1. The minimum Gasteiger partial charge on any atom is -0.397 e. The molecule has 0 atom stereocenters. The molecule has 0 aliphatic carbocycles. The summed E-state index contributed by atoms with van der Waals surface area (Å²) in [6.07, 6.45) is 3.60. The van der Waals surface area contributed by atoms with Gasteiger partial charge in [-0.05, 0) is 55.3 Å². The van der Waals surface area contributed by atoms with Gasteiger partial charge in [0.1, 0.15) is 11.6 Å². The largest absolute Gasteiger partial charge is 0.397 e. The summed E-state index contributed by atoms with van der Waals surface area (Å²) in [5.74, 6) is 2.19. The number of halogens is 2. The molecule has 0 saturated carbocycles. The molecule has 0 spiro atoms. The number of pyridine rings is 1. The van der Waals surface area contributed by atoms with Crippen LogP contribution in [-0.2, 0) is 0 Å². The third kappa shape index (κ3) is 5.34. The van der Waals surface area contributed by atoms with Crippen molar-refractivity contribution in [1.29, 1.82) is 0 Å². The number of benzene rings is 2. The second-order valence-electron chi connectivity index (χ2n) is 7.07. The molecule has 0 saturated heterocycles. The smallest absolute Gasteiger partial charge is 0.163 e. The van der Waals surface area contributed by atoms with E-state index in [1.54, 1.807) is 18.3 Å². The molecule has 0 fully saturated rings. The van der Waals surface area contributed by atoms with E-state index in [-0.39, 0.29) is 0 Å². The average molecular weight is 453 g/mol. The van der Waals surface area contributed by atoms with Gasteiger partial charge in [0, 0.05) is 29.1 Å². The molecule has 2 aromatic heterocycles. The Morgan fingerprint density at radius 1 is 0.871 bits per heavy atom. The molecule has 6 nitrogen and oxygen atoms in total. The third-order valence-corrected chi connectivity index (χ3v) is 5.31. The molecular formula is C23H22Cl2N6. The number of unbranched alkanes of at least 4 members (excludes halogenated alkanes) is 1. The molecule has 31 heavy (non-hydrogen) atoms. The highest BCUT2D eigenvalue weighted by Gasteiger charge is 2.12. The van der Waals surface area contributed by atoms with E-state index in [1.165, 1.54) is 0 Å². The van der Waals surface area contributed by atoms with Crippen molar-refractivity contribution in [3.05, 3.63) is 70.8 Å². The maximum absolute atomic E-state index is 6.38. The molecule has 4 rings (SSSR count). The zero-order valence-corrected chi connectivity index (χ0v) is 18.3. The molecule has 2 heterocycles. The molecule has 8 heteroatoms. The fourth-order valence-corrected chi connectivity index (χ4v) is 3.68. The first-order valence-corrected chi connectivity index (χ1v) is 10.8. The lowest BCUT2D eigenvalue weighted by Gasteiger charge is -2.12. The number of nitrogens with zero attached hydrogens (tertiary/aromatic N) is 3. The number of anilines is 3. The van der Waals surface area contributed by atoms with Crippen LogP contribution in [0.4, 0.5) is 17.3 Å². The van der Waals surface area contributed by atoms with Gasteiger partial charge >= 0.3 is 0 Å². The second kappa shape index (κ2) is 9.81. The van der Waals surface area contributed by atoms with Crippen LogP contribution < -0.4 is 16.4 Å². The Kier molecular flexibility index (Phi) is 6.70. The molecule has 0 aliphatic heterocycles. The van der Waals surface area contributed by atoms with Gasteiger partial charge in [0.05, 0.1) is 22.4 Å². The Hall–Kier alpha value is -3.09. The second-order valence-corrected chi connectivity index (χ2v) is 7.92. The molecule has 158 valence electrons. The summed E-state index contributed by atoms with van der Waals surface area (Å²) in [4.78, 5) is 13.7. The Bertz CT molecular complexity index is 1180. The van der Waals surface area contributed by atoms with E-state index in [2.05, 4.69) is 20.6 Å². The number of aromatic nitrogens is 3. The summed E-state index contributed by atoms with van der Waals surface area (Å²) in [6, 6.07) is 17.0. The van der Waals surface area contributed by atoms with Crippen LogP contribution in [0, 0.1) is 0 Å². The number of nitrogen functional groups attached to an aromatic ring is 1. The Morgan fingerprint density at radius 2 is 1.68 bits per heavy atom. The van der Waals surface area contributed by atoms with Crippen LogP contribution in [0.15, 0.2) is 60.8 Å². The van der Waals surface area contributed by atoms with Crippen molar-refractivity contribution in [2.75, 3.05) is 29.5 Å². The van der Waals surface area contributed by atoms with Crippen LogP contribution in [0.1, 0.15) is 12.8 Å². The fraction of sp³-hybridized carbons (Fsp3) is 0.174. The molecule has 0 radical (unpaired) electrons. The van der Waals surface area contributed by atoms with Gasteiger partial charge in [-0.2, -0.15) is 0 Å². The molecule has 4 aromatic rings. The highest BCUT2D eigenvalue weighted by molar-refractivity contribution is 6.36. The van der Waals surface area contributed by atoms with E-state index in [0.29, 0.717) is 21.6 Å². The maximum Gasteiger partial charge on any atom is 0.163 e. The number of hydrogen-bond acceptors (Lipinski definition) is 6. The predicted octanol–water partition coefficient (Wildman–Crippen LogP) is 5.89. The summed E-state index contributed by atoms with van der Waals surface area (Å²) in [6.45, 7) is 1.61. The van der Waals surface area contributed by atoms with Crippen LogP contribution in [-0.4, -0.2) is 28.0 Å². The fourth-order valence-electron chi connectivity index (χ4n) is 3.19. The van der Waals surface area contributed by atoms with E-state index >= 15 is 0 Å². The monoisotopic (exact) mass is 452 g/mol. The van der Waals surface area contributed by atoms with Gasteiger partial charge in [0.2, 0.25) is 0 Å². The van der Waals surface area contributed by atoms with E-state index in [0.717, 1.165) is 54.0 Å². The van der Waals surface area contributed by atoms with Crippen LogP contribution in [0.3, 0.4) is 0 Å². The molecule has 0 unspecified atom stereocenters. The summed E-state index contributed by atoms with van der Waals surface area (Å²) in [5.41, 5.74) is 7.92. The predicted molar refractivity (Wildman–Crippen MR) is 130 cm³/mol. The number of para-hydroxylation sites is 1. The minimum atomic E-state index is 0.524. The SMILES string of the molecule is Nc1ccc(NCCCCNc2nc(-c3ccc(Cl)cc3Cl)nc3ccccc23)nc1. The number of hydrogen-bond donors (Lipinski definition) is 3. The van der Waals surface area contributed by atoms with Crippen molar-refractivity contribution < 1.29 is 0 Å². The molecule has 0 aliphatic rings. The third-order valence-electron chi connectivity index (χ3n) is 4.76. The van der Waals surface area contributed by atoms with Crippen molar-refractivity contribution in [3.63, 3.8) is 0 Å². The van der Waals surface area contributed by atoms with Gasteiger partial charge in [0.15, 0.2) is 5.82 Å². The van der Waals surface area contributed by atoms with E-state index in [1.807, 2.05) is 42.5 Å². The van der Waals surface area contributed by atoms with Gasteiger partial charge < -0.3 is 16.4 Å². The van der Waals surface area contributed by atoms with E-state index < -0.39 is 0 Å². The molecule has 0 bridgehead atoms. The van der Waals surface area contributed by atoms with Crippen LogP contribution in [0.25, 0.3) is 22.3 Å². The quantitative estimate of drug-likeness (QED) is 0.289. The summed E-state index contributed by atoms with van der Waals surface area (Å²) in [5, 5.41) is 8.83. The molecule has 2 aromatic carbocycles. The number of rotatable bonds is 8. The standard InChI is InChI=1S/C23H22Cl2N6/c24-15-7-9-17(19(25)13-15)23-30-20-6-2-1-5-18(20)22(31-23)28-12-4-3-11-27-21-10-8-16(26)14-29-21/h1-2,5-10,13-14H,3-4,11-12,26H2,(H,27,29)(H,28,30,31). The summed E-state index contributed by atoms with van der Waals surface area (Å²) < 4.78 is 0. The zero-order valence-electron chi connectivity index (χ0n) is 16.8. The number of nitrogens with one attached hydrogen (secondary N) is 2. The maximum atomic E-state index is 6.38. The Morgan fingerprint density at radius 3 is 2.45 bits per heavy atom. The highest BCUT2D eigenvalue weighted by Crippen LogP contribution is 2.31. The van der Waals surface area contributed by atoms with Gasteiger partial charge in [-0.1, -0.05) is 35.3 Å². The van der Waals surface area contributed by atoms with Gasteiger partial charge in [-0.15, -0.1) is 0 Å². The summed E-state index contributed by atoms with van der Waals surface area (Å²) in [7, 11) is 0. The first-order valence-electron chi connectivity index (χ1n) is 10.0. The number of nitrogens with two attached hydrogens (primary N) is 1. The Balaban J connectivity index is 1.42. The highest BCUT2D eigenvalue weighted by atomic mass is 35.5. The lowest BCUT2D eigenvalue weighted by atomic mass is 10.1. The zero-order chi connectivity index (χ0) is 21.6. The van der Waals surface area contributed by atoms with E-state index in [9.17, 15) is 0 Å². The van der Waals surface area contributed by atoms with Crippen LogP contribution >= 0.6 is 23.2 Å². The van der Waals surface area contributed by atoms with Crippen molar-refractivity contribution in [3.8, 4) is 11.4 Å². The normalized spacial score (nSPS) is 10.9. The summed E-state index contributed by atoms with van der Waals surface area (Å²) >= 11 is 12.4. The lowest BCUT2D eigenvalue weighted by molar-refractivity contribution is 0.792. The molecule has 0 amide bonds. The first-order chi connectivity index (χ1) is 15.1. The lowest BCUT2D eigenvalue weighted by Crippen LogP contribution is -2.09. The van der Waals surface area contributed by atoms with Crippen molar-refractivity contribution in [2.45, 2.75) is 12.8 Å². The topological polar surface area (TPSA) is 88.8 Å².